The summed E-state index contributed by atoms with van der Waals surface area (Å²) in [5.41, 5.74) is 2.33. The molecule has 0 spiro atoms. The topological polar surface area (TPSA) is 16.1 Å². The molecule has 0 saturated carbocycles. The number of rotatable bonds is 3. The van der Waals surface area contributed by atoms with Gasteiger partial charge >= 0.3 is 0 Å². The van der Waals surface area contributed by atoms with Gasteiger partial charge in [0, 0.05) is 24.0 Å². The van der Waals surface area contributed by atoms with E-state index in [0.717, 1.165) is 29.6 Å². The largest absolute Gasteiger partial charge is 0.301 e. The Morgan fingerprint density at radius 1 is 1.21 bits per heavy atom. The van der Waals surface area contributed by atoms with Crippen LogP contribution in [0, 0.1) is 5.41 Å². The SMILES string of the molecule is CN(Cc1cc2ccccc2nc1Cl)CC(C)(C)C. The van der Waals surface area contributed by atoms with Crippen molar-refractivity contribution in [1.82, 2.24) is 9.88 Å². The third-order valence-corrected chi connectivity index (χ3v) is 3.26. The first-order chi connectivity index (χ1) is 8.85. The van der Waals surface area contributed by atoms with E-state index in [4.69, 9.17) is 11.6 Å². The molecule has 3 heteroatoms. The number of hydrogen-bond donors (Lipinski definition) is 0. The van der Waals surface area contributed by atoms with E-state index in [1.807, 2.05) is 18.2 Å². The maximum atomic E-state index is 6.28. The zero-order valence-electron chi connectivity index (χ0n) is 12.1. The normalized spacial score (nSPS) is 12.3. The number of halogens is 1. The lowest BCUT2D eigenvalue weighted by Crippen LogP contribution is -2.29. The van der Waals surface area contributed by atoms with Gasteiger partial charge in [0.15, 0.2) is 0 Å². The molecule has 0 N–H and O–H groups in total. The van der Waals surface area contributed by atoms with Gasteiger partial charge in [-0.05, 0) is 24.6 Å². The minimum Gasteiger partial charge on any atom is -0.301 e. The Morgan fingerprint density at radius 3 is 2.58 bits per heavy atom. The molecule has 0 aliphatic carbocycles. The third kappa shape index (κ3) is 3.92. The van der Waals surface area contributed by atoms with Crippen LogP contribution >= 0.6 is 11.6 Å². The molecule has 1 aromatic carbocycles. The third-order valence-electron chi connectivity index (χ3n) is 2.93. The second-order valence-corrected chi connectivity index (χ2v) is 6.72. The van der Waals surface area contributed by atoms with Crippen LogP contribution in [0.3, 0.4) is 0 Å². The lowest BCUT2D eigenvalue weighted by molar-refractivity contribution is 0.221. The van der Waals surface area contributed by atoms with Crippen LogP contribution in [0.25, 0.3) is 10.9 Å². The van der Waals surface area contributed by atoms with Gasteiger partial charge in [0.1, 0.15) is 5.15 Å². The molecule has 2 nitrogen and oxygen atoms in total. The van der Waals surface area contributed by atoms with E-state index in [0.29, 0.717) is 5.15 Å². The van der Waals surface area contributed by atoms with Crippen molar-refractivity contribution >= 4 is 22.5 Å². The average Bonchev–Trinajstić information content (AvgIpc) is 2.27. The van der Waals surface area contributed by atoms with Crippen LogP contribution in [0.5, 0.6) is 0 Å². The highest BCUT2D eigenvalue weighted by Crippen LogP contribution is 2.23. The Bertz CT molecular complexity index is 572. The number of para-hydroxylation sites is 1. The molecule has 0 bridgehead atoms. The van der Waals surface area contributed by atoms with Crippen molar-refractivity contribution in [3.8, 4) is 0 Å². The van der Waals surface area contributed by atoms with Crippen molar-refractivity contribution in [3.05, 3.63) is 41.0 Å². The zero-order valence-corrected chi connectivity index (χ0v) is 12.8. The summed E-state index contributed by atoms with van der Waals surface area (Å²) in [5.74, 6) is 0. The number of nitrogens with zero attached hydrogens (tertiary/aromatic N) is 2. The predicted octanol–water partition coefficient (Wildman–Crippen LogP) is 4.37. The van der Waals surface area contributed by atoms with Gasteiger partial charge in [0.2, 0.25) is 0 Å². The fourth-order valence-electron chi connectivity index (χ4n) is 2.40. The molecule has 1 aromatic heterocycles. The van der Waals surface area contributed by atoms with Crippen molar-refractivity contribution in [2.75, 3.05) is 13.6 Å². The van der Waals surface area contributed by atoms with E-state index in [1.54, 1.807) is 0 Å². The second kappa shape index (κ2) is 5.48. The molecule has 0 radical (unpaired) electrons. The quantitative estimate of drug-likeness (QED) is 0.774. The molecule has 0 amide bonds. The molecule has 0 atom stereocenters. The first-order valence-corrected chi connectivity index (χ1v) is 6.96. The highest BCUT2D eigenvalue weighted by molar-refractivity contribution is 6.30. The molecule has 0 fully saturated rings. The van der Waals surface area contributed by atoms with Gasteiger partial charge in [-0.1, -0.05) is 50.6 Å². The van der Waals surface area contributed by atoms with Crippen LogP contribution in [0.1, 0.15) is 26.3 Å². The van der Waals surface area contributed by atoms with E-state index in [-0.39, 0.29) is 5.41 Å². The van der Waals surface area contributed by atoms with Gasteiger partial charge in [-0.3, -0.25) is 0 Å². The maximum Gasteiger partial charge on any atom is 0.134 e. The summed E-state index contributed by atoms with van der Waals surface area (Å²) in [6, 6.07) is 10.2. The van der Waals surface area contributed by atoms with Crippen LogP contribution < -0.4 is 0 Å². The van der Waals surface area contributed by atoms with E-state index in [9.17, 15) is 0 Å². The van der Waals surface area contributed by atoms with Gasteiger partial charge in [0.25, 0.3) is 0 Å². The molecule has 0 unspecified atom stereocenters. The molecule has 0 aliphatic heterocycles. The molecule has 102 valence electrons. The molecule has 2 rings (SSSR count). The minimum atomic E-state index is 0.283. The maximum absolute atomic E-state index is 6.28. The number of pyridine rings is 1. The van der Waals surface area contributed by atoms with Gasteiger partial charge in [-0.15, -0.1) is 0 Å². The molecule has 0 saturated heterocycles. The summed E-state index contributed by atoms with van der Waals surface area (Å²) in [6.45, 7) is 8.57. The Labute approximate surface area is 120 Å². The Kier molecular flexibility index (Phi) is 4.12. The van der Waals surface area contributed by atoms with Crippen LogP contribution in [0.4, 0.5) is 0 Å². The summed E-state index contributed by atoms with van der Waals surface area (Å²) < 4.78 is 0. The standard InChI is InChI=1S/C16H21ClN2/c1-16(2,3)11-19(4)10-13-9-12-7-5-6-8-14(12)18-15(13)17/h5-9H,10-11H2,1-4H3. The monoisotopic (exact) mass is 276 g/mol. The van der Waals surface area contributed by atoms with Crippen LogP contribution in [-0.2, 0) is 6.54 Å². The van der Waals surface area contributed by atoms with E-state index >= 15 is 0 Å². The molecule has 1 heterocycles. The van der Waals surface area contributed by atoms with Gasteiger partial charge in [-0.2, -0.15) is 0 Å². The summed E-state index contributed by atoms with van der Waals surface area (Å²) in [5, 5.41) is 1.76. The van der Waals surface area contributed by atoms with Crippen molar-refractivity contribution < 1.29 is 0 Å². The fraction of sp³-hybridized carbons (Fsp3) is 0.438. The number of benzene rings is 1. The molecular formula is C16H21ClN2. The summed E-state index contributed by atoms with van der Waals surface area (Å²) in [6.07, 6.45) is 0. The van der Waals surface area contributed by atoms with Gasteiger partial charge in [0.05, 0.1) is 5.52 Å². The summed E-state index contributed by atoms with van der Waals surface area (Å²) in [4.78, 5) is 6.75. The van der Waals surface area contributed by atoms with Crippen LogP contribution in [0.2, 0.25) is 5.15 Å². The van der Waals surface area contributed by atoms with Gasteiger partial charge < -0.3 is 4.90 Å². The lowest BCUT2D eigenvalue weighted by Gasteiger charge is -2.26. The molecule has 19 heavy (non-hydrogen) atoms. The predicted molar refractivity (Wildman–Crippen MR) is 82.5 cm³/mol. The average molecular weight is 277 g/mol. The Balaban J connectivity index is 2.23. The second-order valence-electron chi connectivity index (χ2n) is 6.36. The van der Waals surface area contributed by atoms with E-state index in [2.05, 4.69) is 49.8 Å². The van der Waals surface area contributed by atoms with E-state index in [1.165, 1.54) is 0 Å². The number of fused-ring (bicyclic) bond motifs is 1. The first kappa shape index (κ1) is 14.3. The van der Waals surface area contributed by atoms with E-state index < -0.39 is 0 Å². The first-order valence-electron chi connectivity index (χ1n) is 6.58. The number of aromatic nitrogens is 1. The Hall–Kier alpha value is -1.12. The molecule has 0 aliphatic rings. The number of hydrogen-bond acceptors (Lipinski definition) is 2. The zero-order chi connectivity index (χ0) is 14.0. The minimum absolute atomic E-state index is 0.283. The highest BCUT2D eigenvalue weighted by atomic mass is 35.5. The Morgan fingerprint density at radius 2 is 1.89 bits per heavy atom. The fourth-order valence-corrected chi connectivity index (χ4v) is 2.61. The van der Waals surface area contributed by atoms with Crippen LogP contribution in [0.15, 0.2) is 30.3 Å². The van der Waals surface area contributed by atoms with Gasteiger partial charge in [-0.25, -0.2) is 4.98 Å². The smallest absolute Gasteiger partial charge is 0.134 e. The lowest BCUT2D eigenvalue weighted by atomic mass is 9.96. The van der Waals surface area contributed by atoms with Crippen molar-refractivity contribution in [2.45, 2.75) is 27.3 Å². The summed E-state index contributed by atoms with van der Waals surface area (Å²) >= 11 is 6.28. The van der Waals surface area contributed by atoms with Crippen molar-refractivity contribution in [1.29, 1.82) is 0 Å². The van der Waals surface area contributed by atoms with Crippen LogP contribution in [-0.4, -0.2) is 23.5 Å². The molecule has 2 aromatic rings. The van der Waals surface area contributed by atoms with Crippen molar-refractivity contribution in [2.24, 2.45) is 5.41 Å². The molecular weight excluding hydrogens is 256 g/mol. The van der Waals surface area contributed by atoms with Crippen molar-refractivity contribution in [3.63, 3.8) is 0 Å². The highest BCUT2D eigenvalue weighted by Gasteiger charge is 2.15. The summed E-state index contributed by atoms with van der Waals surface area (Å²) in [7, 11) is 2.12.